The third kappa shape index (κ3) is 5.08. The first kappa shape index (κ1) is 21.0. The number of anilines is 2. The molecule has 2 amide bonds. The fraction of sp³-hybridized carbons (Fsp3) is 0.304. The maximum atomic E-state index is 12.5. The van der Waals surface area contributed by atoms with E-state index in [1.165, 1.54) is 11.3 Å². The van der Waals surface area contributed by atoms with Crippen LogP contribution in [0.2, 0.25) is 0 Å². The molecule has 0 radical (unpaired) electrons. The molecule has 4 rings (SSSR count). The van der Waals surface area contributed by atoms with Gasteiger partial charge >= 0.3 is 0 Å². The van der Waals surface area contributed by atoms with Gasteiger partial charge in [0.05, 0.1) is 7.11 Å². The van der Waals surface area contributed by atoms with E-state index >= 15 is 0 Å². The fourth-order valence-electron chi connectivity index (χ4n) is 3.53. The summed E-state index contributed by atoms with van der Waals surface area (Å²) in [6.07, 6.45) is 1.38. The lowest BCUT2D eigenvalue weighted by molar-refractivity contribution is -0.117. The Morgan fingerprint density at radius 3 is 2.61 bits per heavy atom. The second-order valence-corrected chi connectivity index (χ2v) is 8.59. The lowest BCUT2D eigenvalue weighted by Crippen LogP contribution is -2.24. The van der Waals surface area contributed by atoms with Crippen LogP contribution in [0.3, 0.4) is 0 Å². The number of aromatic nitrogens is 2. The molecular formula is C23H24N4O3S. The molecule has 1 aromatic heterocycles. The van der Waals surface area contributed by atoms with Crippen LogP contribution in [0.25, 0.3) is 0 Å². The van der Waals surface area contributed by atoms with Crippen LogP contribution in [0, 0.1) is 6.92 Å². The summed E-state index contributed by atoms with van der Waals surface area (Å²) in [5, 5.41) is 12.4. The predicted molar refractivity (Wildman–Crippen MR) is 121 cm³/mol. The van der Waals surface area contributed by atoms with Crippen LogP contribution < -0.4 is 15.0 Å². The Balaban J connectivity index is 1.32. The fourth-order valence-corrected chi connectivity index (χ4v) is 4.38. The molecule has 3 aromatic rings. The highest BCUT2D eigenvalue weighted by atomic mass is 32.1. The summed E-state index contributed by atoms with van der Waals surface area (Å²) in [5.74, 6) is 0.744. The van der Waals surface area contributed by atoms with Crippen LogP contribution in [-0.4, -0.2) is 35.7 Å². The van der Waals surface area contributed by atoms with E-state index in [0.717, 1.165) is 27.6 Å². The largest absolute Gasteiger partial charge is 0.497 e. The van der Waals surface area contributed by atoms with Gasteiger partial charge in [-0.25, -0.2) is 0 Å². The summed E-state index contributed by atoms with van der Waals surface area (Å²) in [5.41, 5.74) is 3.12. The van der Waals surface area contributed by atoms with Crippen molar-refractivity contribution in [2.75, 3.05) is 23.9 Å². The Hall–Kier alpha value is -3.26. The van der Waals surface area contributed by atoms with Gasteiger partial charge in [0, 0.05) is 31.0 Å². The van der Waals surface area contributed by atoms with E-state index in [2.05, 4.69) is 15.5 Å². The Kier molecular flexibility index (Phi) is 6.27. The van der Waals surface area contributed by atoms with Gasteiger partial charge in [0.1, 0.15) is 10.8 Å². The number of amides is 2. The molecule has 1 aliphatic heterocycles. The van der Waals surface area contributed by atoms with Crippen molar-refractivity contribution in [3.8, 4) is 5.75 Å². The molecule has 1 aliphatic rings. The maximum absolute atomic E-state index is 12.5. The number of methoxy groups -OCH3 is 1. The van der Waals surface area contributed by atoms with Gasteiger partial charge in [-0.15, -0.1) is 10.2 Å². The Bertz CT molecular complexity index is 1060. The number of carbonyl (C=O) groups excluding carboxylic acids is 2. The predicted octanol–water partition coefficient (Wildman–Crippen LogP) is 3.95. The van der Waals surface area contributed by atoms with Crippen LogP contribution in [0.1, 0.15) is 34.9 Å². The van der Waals surface area contributed by atoms with Crippen molar-refractivity contribution in [2.24, 2.45) is 0 Å². The number of hydrogen-bond donors (Lipinski definition) is 1. The third-order valence-electron chi connectivity index (χ3n) is 5.31. The molecular weight excluding hydrogens is 412 g/mol. The molecule has 8 heteroatoms. The van der Waals surface area contributed by atoms with Crippen LogP contribution in [0.5, 0.6) is 5.75 Å². The van der Waals surface area contributed by atoms with E-state index < -0.39 is 0 Å². The first-order valence-electron chi connectivity index (χ1n) is 10.1. The lowest BCUT2D eigenvalue weighted by atomic mass is 10.1. The molecule has 1 unspecified atom stereocenters. The SMILES string of the molecule is COc1ccc(CCC(=O)Nc2nnc(C3CC(=O)N(c4ccc(C)cc4)C3)s2)cc1. The highest BCUT2D eigenvalue weighted by Crippen LogP contribution is 2.34. The minimum Gasteiger partial charge on any atom is -0.497 e. The van der Waals surface area contributed by atoms with Crippen LogP contribution in [0.15, 0.2) is 48.5 Å². The van der Waals surface area contributed by atoms with E-state index in [9.17, 15) is 9.59 Å². The zero-order valence-electron chi connectivity index (χ0n) is 17.5. The second kappa shape index (κ2) is 9.26. The Morgan fingerprint density at radius 1 is 1.16 bits per heavy atom. The molecule has 7 nitrogen and oxygen atoms in total. The molecule has 2 aromatic carbocycles. The van der Waals surface area contributed by atoms with E-state index in [4.69, 9.17) is 4.74 Å². The minimum atomic E-state index is -0.109. The van der Waals surface area contributed by atoms with Gasteiger partial charge in [0.2, 0.25) is 16.9 Å². The van der Waals surface area contributed by atoms with E-state index in [0.29, 0.717) is 30.9 Å². The third-order valence-corrected chi connectivity index (χ3v) is 6.31. The zero-order valence-corrected chi connectivity index (χ0v) is 18.3. The Morgan fingerprint density at radius 2 is 1.90 bits per heavy atom. The van der Waals surface area contributed by atoms with E-state index in [-0.39, 0.29) is 17.7 Å². The van der Waals surface area contributed by atoms with Gasteiger partial charge in [0.15, 0.2) is 0 Å². The molecule has 0 saturated carbocycles. The highest BCUT2D eigenvalue weighted by molar-refractivity contribution is 7.15. The summed E-state index contributed by atoms with van der Waals surface area (Å²) >= 11 is 1.34. The van der Waals surface area contributed by atoms with Crippen LogP contribution >= 0.6 is 11.3 Å². The molecule has 1 atom stereocenters. The number of rotatable bonds is 7. The Labute approximate surface area is 185 Å². The monoisotopic (exact) mass is 436 g/mol. The van der Waals surface area contributed by atoms with E-state index in [1.807, 2.05) is 55.5 Å². The molecule has 1 saturated heterocycles. The van der Waals surface area contributed by atoms with Gasteiger partial charge in [-0.05, 0) is 43.2 Å². The van der Waals surface area contributed by atoms with Crippen molar-refractivity contribution in [3.63, 3.8) is 0 Å². The normalized spacial score (nSPS) is 15.9. The number of hydrogen-bond acceptors (Lipinski definition) is 6. The molecule has 0 spiro atoms. The van der Waals surface area contributed by atoms with Crippen molar-refractivity contribution in [1.29, 1.82) is 0 Å². The first-order chi connectivity index (χ1) is 15.0. The van der Waals surface area contributed by atoms with Gasteiger partial charge < -0.3 is 15.0 Å². The quantitative estimate of drug-likeness (QED) is 0.606. The van der Waals surface area contributed by atoms with Crippen molar-refractivity contribution < 1.29 is 14.3 Å². The zero-order chi connectivity index (χ0) is 21.8. The molecule has 0 bridgehead atoms. The second-order valence-electron chi connectivity index (χ2n) is 7.58. The molecule has 0 aliphatic carbocycles. The number of aryl methyl sites for hydroxylation is 2. The number of ether oxygens (including phenoxy) is 1. The highest BCUT2D eigenvalue weighted by Gasteiger charge is 2.33. The summed E-state index contributed by atoms with van der Waals surface area (Å²) < 4.78 is 5.14. The molecule has 160 valence electrons. The smallest absolute Gasteiger partial charge is 0.227 e. The number of carbonyl (C=O) groups is 2. The average molecular weight is 437 g/mol. The minimum absolute atomic E-state index is 0.0174. The molecule has 1 N–H and O–H groups in total. The molecule has 31 heavy (non-hydrogen) atoms. The summed E-state index contributed by atoms with van der Waals surface area (Å²) in [6, 6.07) is 15.6. The molecule has 1 fully saturated rings. The van der Waals surface area contributed by atoms with Crippen LogP contribution in [0.4, 0.5) is 10.8 Å². The summed E-state index contributed by atoms with van der Waals surface area (Å²) in [7, 11) is 1.63. The van der Waals surface area contributed by atoms with Crippen molar-refractivity contribution in [2.45, 2.75) is 32.1 Å². The number of benzene rings is 2. The van der Waals surface area contributed by atoms with Crippen molar-refractivity contribution in [1.82, 2.24) is 10.2 Å². The van der Waals surface area contributed by atoms with Crippen molar-refractivity contribution >= 4 is 34.0 Å². The number of nitrogens with one attached hydrogen (secondary N) is 1. The van der Waals surface area contributed by atoms with Crippen molar-refractivity contribution in [3.05, 3.63) is 64.7 Å². The van der Waals surface area contributed by atoms with Crippen LogP contribution in [-0.2, 0) is 16.0 Å². The standard InChI is InChI=1S/C23H24N4O3S/c1-15-3-8-18(9-4-15)27-14-17(13-21(27)29)22-25-26-23(31-22)24-20(28)12-7-16-5-10-19(30-2)11-6-16/h3-6,8-11,17H,7,12-14H2,1-2H3,(H,24,26,28). The summed E-state index contributed by atoms with van der Waals surface area (Å²) in [6.45, 7) is 2.59. The summed E-state index contributed by atoms with van der Waals surface area (Å²) in [4.78, 5) is 26.6. The van der Waals surface area contributed by atoms with Gasteiger partial charge in [-0.2, -0.15) is 0 Å². The van der Waals surface area contributed by atoms with E-state index in [1.54, 1.807) is 12.0 Å². The molecule has 2 heterocycles. The average Bonchev–Trinajstić information content (AvgIpc) is 3.40. The number of nitrogens with zero attached hydrogens (tertiary/aromatic N) is 3. The van der Waals surface area contributed by atoms with Gasteiger partial charge in [-0.1, -0.05) is 41.2 Å². The first-order valence-corrected chi connectivity index (χ1v) is 11.0. The maximum Gasteiger partial charge on any atom is 0.227 e. The van der Waals surface area contributed by atoms with Gasteiger partial charge in [0.25, 0.3) is 0 Å². The lowest BCUT2D eigenvalue weighted by Gasteiger charge is -2.16. The van der Waals surface area contributed by atoms with Gasteiger partial charge in [-0.3, -0.25) is 9.59 Å². The topological polar surface area (TPSA) is 84.4 Å².